The number of quaternary nitrogens is 1. The van der Waals surface area contributed by atoms with Crippen molar-refractivity contribution in [2.75, 3.05) is 26.2 Å². The van der Waals surface area contributed by atoms with Gasteiger partial charge in [-0.05, 0) is 101 Å². The quantitative estimate of drug-likeness (QED) is 0.256. The highest BCUT2D eigenvalue weighted by Crippen LogP contribution is 2.70. The number of para-hydroxylation sites is 1. The lowest BCUT2D eigenvalue weighted by Crippen LogP contribution is -2.82. The molecule has 2 spiro atoms. The van der Waals surface area contributed by atoms with Crippen molar-refractivity contribution in [3.8, 4) is 0 Å². The summed E-state index contributed by atoms with van der Waals surface area (Å²) < 4.78 is 0.887. The maximum absolute atomic E-state index is 7.50. The molecule has 3 bridgehead atoms. The van der Waals surface area contributed by atoms with Crippen molar-refractivity contribution in [3.63, 3.8) is 0 Å². The number of pyridine rings is 1. The molecule has 5 heteroatoms. The molecule has 6 aliphatic rings. The van der Waals surface area contributed by atoms with Crippen LogP contribution in [0.4, 0.5) is 0 Å². The Morgan fingerprint density at radius 1 is 0.951 bits per heavy atom. The van der Waals surface area contributed by atoms with Crippen LogP contribution in [0.2, 0.25) is 0 Å². The molecular weight excluding hydrogens is 504 g/mol. The standard InChI is InChI=1S/C36H43N4O/c1-2-5-11-20-39-21-17-30-29(32-33-28(16-19-37-32)27-14-8-9-15-31(27)38-33)24-36(18-10-4-1)34-35(30,25-39)23-26-13-7-3-6-12-22-40(26,34)41-36/h1,4,7-9,13-16,19,24,26,30,34,38H,2-3,5-6,10-12,17-18,20-23,25H2/q+1/t26-,30-,34+,35-,36-,40+/m0/s1. The van der Waals surface area contributed by atoms with Crippen LogP contribution in [0.3, 0.4) is 0 Å². The van der Waals surface area contributed by atoms with Crippen molar-refractivity contribution in [2.24, 2.45) is 11.3 Å². The number of H-pyrrole nitrogens is 1. The third-order valence-electron chi connectivity index (χ3n) is 11.8. The molecule has 7 heterocycles. The van der Waals surface area contributed by atoms with Crippen LogP contribution in [0, 0.1) is 11.3 Å². The number of aromatic nitrogens is 2. The first-order valence-corrected chi connectivity index (χ1v) is 16.4. The Bertz CT molecular complexity index is 1600. The number of piperidine rings is 1. The number of nitrogens with one attached hydrogen (secondary N) is 1. The van der Waals surface area contributed by atoms with Crippen LogP contribution in [0.1, 0.15) is 69.9 Å². The Morgan fingerprint density at radius 3 is 2.85 bits per heavy atom. The molecule has 0 radical (unpaired) electrons. The molecule has 9 rings (SSSR count). The van der Waals surface area contributed by atoms with E-state index >= 15 is 0 Å². The van der Waals surface area contributed by atoms with Crippen LogP contribution in [0.5, 0.6) is 0 Å². The molecule has 1 unspecified atom stereocenters. The largest absolute Gasteiger partial charge is 0.353 e. The Hall–Kier alpha value is -2.73. The van der Waals surface area contributed by atoms with Gasteiger partial charge in [0.15, 0.2) is 6.04 Å². The predicted molar refractivity (Wildman–Crippen MR) is 165 cm³/mol. The highest BCUT2D eigenvalue weighted by atomic mass is 16.8. The van der Waals surface area contributed by atoms with E-state index in [9.17, 15) is 0 Å². The molecule has 5 nitrogen and oxygen atoms in total. The zero-order valence-corrected chi connectivity index (χ0v) is 24.2. The zero-order valence-electron chi connectivity index (χ0n) is 24.2. The van der Waals surface area contributed by atoms with E-state index in [0.717, 1.165) is 17.5 Å². The molecule has 3 saturated heterocycles. The van der Waals surface area contributed by atoms with Crippen LogP contribution in [-0.4, -0.2) is 63.4 Å². The number of benzene rings is 1. The summed E-state index contributed by atoms with van der Waals surface area (Å²) in [5, 5.41) is 2.59. The van der Waals surface area contributed by atoms with E-state index in [1.165, 1.54) is 111 Å². The molecule has 3 fully saturated rings. The van der Waals surface area contributed by atoms with Gasteiger partial charge in [-0.1, -0.05) is 36.4 Å². The first-order chi connectivity index (χ1) is 20.2. The summed E-state index contributed by atoms with van der Waals surface area (Å²) in [5.74, 6) is 0.516. The van der Waals surface area contributed by atoms with E-state index in [2.05, 4.69) is 76.8 Å². The molecular formula is C36H43N4O+. The molecule has 2 aromatic heterocycles. The molecule has 5 aliphatic heterocycles. The number of hydroxylamine groups is 3. The van der Waals surface area contributed by atoms with Crippen molar-refractivity contribution in [3.05, 3.63) is 72.6 Å². The van der Waals surface area contributed by atoms with Crippen molar-refractivity contribution < 1.29 is 9.48 Å². The molecule has 1 aliphatic carbocycles. The van der Waals surface area contributed by atoms with Gasteiger partial charge in [-0.25, -0.2) is 0 Å². The summed E-state index contributed by atoms with van der Waals surface area (Å²) in [4.78, 5) is 19.3. The number of allylic oxidation sites excluding steroid dienone is 4. The van der Waals surface area contributed by atoms with Crippen LogP contribution in [-0.2, 0) is 4.84 Å². The average Bonchev–Trinajstić information content (AvgIpc) is 3.45. The Kier molecular flexibility index (Phi) is 5.53. The number of hydrogen-bond acceptors (Lipinski definition) is 3. The second kappa shape index (κ2) is 9.13. The molecule has 1 aromatic carbocycles. The van der Waals surface area contributed by atoms with Gasteiger partial charge in [0.2, 0.25) is 5.60 Å². The van der Waals surface area contributed by atoms with Crippen LogP contribution < -0.4 is 0 Å². The maximum Gasteiger partial charge on any atom is 0.201 e. The van der Waals surface area contributed by atoms with Gasteiger partial charge in [-0.3, -0.25) is 4.98 Å². The van der Waals surface area contributed by atoms with Crippen LogP contribution in [0.15, 0.2) is 66.9 Å². The van der Waals surface area contributed by atoms with Crippen molar-refractivity contribution in [1.82, 2.24) is 14.9 Å². The molecule has 1 N–H and O–H groups in total. The van der Waals surface area contributed by atoms with Gasteiger partial charge in [0.25, 0.3) is 0 Å². The van der Waals surface area contributed by atoms with E-state index < -0.39 is 0 Å². The third-order valence-corrected chi connectivity index (χ3v) is 11.8. The summed E-state index contributed by atoms with van der Waals surface area (Å²) in [7, 11) is 0. The summed E-state index contributed by atoms with van der Waals surface area (Å²) in [6.45, 7) is 4.82. The summed E-state index contributed by atoms with van der Waals surface area (Å²) in [6, 6.07) is 11.9. The fraction of sp³-hybridized carbons (Fsp3) is 0.528. The van der Waals surface area contributed by atoms with Gasteiger partial charge >= 0.3 is 0 Å². The lowest BCUT2D eigenvalue weighted by molar-refractivity contribution is -1.20. The van der Waals surface area contributed by atoms with Gasteiger partial charge in [-0.15, -0.1) is 0 Å². The predicted octanol–water partition coefficient (Wildman–Crippen LogP) is 7.32. The van der Waals surface area contributed by atoms with E-state index in [4.69, 9.17) is 9.82 Å². The second-order valence-corrected chi connectivity index (χ2v) is 13.9. The topological polar surface area (TPSA) is 41.2 Å². The van der Waals surface area contributed by atoms with Gasteiger partial charge in [0.05, 0.1) is 16.6 Å². The van der Waals surface area contributed by atoms with Crippen molar-refractivity contribution >= 4 is 27.4 Å². The monoisotopic (exact) mass is 547 g/mol. The Labute approximate surface area is 243 Å². The minimum Gasteiger partial charge on any atom is -0.353 e. The summed E-state index contributed by atoms with van der Waals surface area (Å²) in [6.07, 6.45) is 26.9. The van der Waals surface area contributed by atoms with E-state index in [1.54, 1.807) is 0 Å². The number of rotatable bonds is 1. The molecule has 3 aromatic rings. The molecule has 7 atom stereocenters. The van der Waals surface area contributed by atoms with E-state index in [0.29, 0.717) is 18.0 Å². The smallest absolute Gasteiger partial charge is 0.201 e. The summed E-state index contributed by atoms with van der Waals surface area (Å²) >= 11 is 0. The molecule has 0 amide bonds. The first kappa shape index (κ1) is 24.8. The normalized spacial score (nSPS) is 40.0. The average molecular weight is 548 g/mol. The first-order valence-electron chi connectivity index (χ1n) is 16.4. The van der Waals surface area contributed by atoms with Crippen LogP contribution >= 0.6 is 0 Å². The number of nitrogens with zero attached hydrogens (tertiary/aromatic N) is 3. The highest BCUT2D eigenvalue weighted by Gasteiger charge is 2.83. The third kappa shape index (κ3) is 3.43. The van der Waals surface area contributed by atoms with Crippen LogP contribution in [0.25, 0.3) is 27.4 Å². The van der Waals surface area contributed by atoms with E-state index in [-0.39, 0.29) is 11.0 Å². The summed E-state index contributed by atoms with van der Waals surface area (Å²) in [5.41, 5.74) is 5.05. The van der Waals surface area contributed by atoms with Crippen molar-refractivity contribution in [1.29, 1.82) is 0 Å². The molecule has 0 saturated carbocycles. The Balaban J connectivity index is 1.27. The van der Waals surface area contributed by atoms with Crippen molar-refractivity contribution in [2.45, 2.75) is 81.9 Å². The molecule has 41 heavy (non-hydrogen) atoms. The lowest BCUT2D eigenvalue weighted by Gasteiger charge is -2.66. The molecule has 212 valence electrons. The van der Waals surface area contributed by atoms with Gasteiger partial charge in [-0.2, -0.15) is 9.48 Å². The second-order valence-electron chi connectivity index (χ2n) is 13.9. The zero-order chi connectivity index (χ0) is 27.1. The SMILES string of the molecule is C1=CCC[C@@]23C=C(c4nccc5c4[nH]c4ccccc45)[C@@H]4CCN(CCCC1)C[C@@]41C[C@@H]4C=CCCCC[N@+]4(O2)[C@H]13. The van der Waals surface area contributed by atoms with Gasteiger partial charge in [0.1, 0.15) is 12.6 Å². The Morgan fingerprint density at radius 2 is 1.85 bits per heavy atom. The fourth-order valence-electron chi connectivity index (χ4n) is 10.4. The van der Waals surface area contributed by atoms with Gasteiger partial charge < -0.3 is 9.88 Å². The lowest BCUT2D eigenvalue weighted by atomic mass is 9.54. The highest BCUT2D eigenvalue weighted by molar-refractivity contribution is 6.09. The number of fused-ring (bicyclic) bond motifs is 4. The van der Waals surface area contributed by atoms with Gasteiger partial charge in [0, 0.05) is 41.4 Å². The number of aromatic amines is 1. The maximum atomic E-state index is 7.50. The van der Waals surface area contributed by atoms with E-state index in [1.807, 2.05) is 0 Å². The minimum absolute atomic E-state index is 0.216. The minimum atomic E-state index is -0.217. The fourth-order valence-corrected chi connectivity index (χ4v) is 10.4. The number of hydrogen-bond donors (Lipinski definition) is 1.